The van der Waals surface area contributed by atoms with Gasteiger partial charge in [-0.1, -0.05) is 5.21 Å². The van der Waals surface area contributed by atoms with E-state index in [0.29, 0.717) is 5.92 Å². The lowest BCUT2D eigenvalue weighted by Gasteiger charge is -2.33. The first-order valence-corrected chi connectivity index (χ1v) is 9.57. The van der Waals surface area contributed by atoms with Crippen molar-refractivity contribution in [3.05, 3.63) is 23.0 Å². The molecule has 2 aromatic rings. The van der Waals surface area contributed by atoms with Gasteiger partial charge >= 0.3 is 0 Å². The summed E-state index contributed by atoms with van der Waals surface area (Å²) >= 11 is 1.67. The fourth-order valence-electron chi connectivity index (χ4n) is 3.51. The topological polar surface area (TPSA) is 60.2 Å². The van der Waals surface area contributed by atoms with Crippen LogP contribution < -0.4 is 0 Å². The van der Waals surface area contributed by atoms with Gasteiger partial charge in [-0.3, -0.25) is 9.48 Å². The van der Waals surface area contributed by atoms with Gasteiger partial charge in [-0.15, -0.1) is 5.10 Å². The number of piperidine rings is 1. The van der Waals surface area contributed by atoms with E-state index in [2.05, 4.69) is 27.1 Å². The molecule has 2 fully saturated rings. The molecule has 2 saturated heterocycles. The molecule has 0 aliphatic carbocycles. The van der Waals surface area contributed by atoms with Crippen molar-refractivity contribution in [1.29, 1.82) is 0 Å². The molecule has 0 radical (unpaired) electrons. The van der Waals surface area contributed by atoms with Crippen molar-refractivity contribution in [2.24, 2.45) is 5.92 Å². The molecule has 0 unspecified atom stereocenters. The van der Waals surface area contributed by atoms with Crippen molar-refractivity contribution < 1.29 is 9.53 Å². The van der Waals surface area contributed by atoms with Gasteiger partial charge in [0.1, 0.15) is 11.8 Å². The maximum Gasteiger partial charge on any atom is 0.251 e. The second kappa shape index (κ2) is 7.03. The van der Waals surface area contributed by atoms with E-state index >= 15 is 0 Å². The molecular weight excluding hydrogens is 324 g/mol. The van der Waals surface area contributed by atoms with E-state index in [1.807, 2.05) is 15.8 Å². The van der Waals surface area contributed by atoms with Crippen LogP contribution in [-0.2, 0) is 16.1 Å². The number of hydrogen-bond donors (Lipinski definition) is 0. The van der Waals surface area contributed by atoms with Crippen LogP contribution in [0.3, 0.4) is 0 Å². The summed E-state index contributed by atoms with van der Waals surface area (Å²) in [6, 6.07) is 2.06. The van der Waals surface area contributed by atoms with Gasteiger partial charge in [0.05, 0.1) is 6.20 Å². The highest BCUT2D eigenvalue weighted by atomic mass is 32.1. The van der Waals surface area contributed by atoms with Gasteiger partial charge < -0.3 is 9.64 Å². The molecule has 2 aliphatic rings. The van der Waals surface area contributed by atoms with Crippen LogP contribution in [0.25, 0.3) is 11.3 Å². The number of nitrogens with zero attached hydrogens (tertiary/aromatic N) is 4. The van der Waals surface area contributed by atoms with E-state index in [0.717, 1.165) is 63.2 Å². The highest BCUT2D eigenvalue weighted by molar-refractivity contribution is 7.08. The van der Waals surface area contributed by atoms with Crippen LogP contribution in [0.15, 0.2) is 23.0 Å². The molecule has 4 rings (SSSR count). The summed E-state index contributed by atoms with van der Waals surface area (Å²) in [5.74, 6) is 0.738. The maximum absolute atomic E-state index is 12.4. The Hall–Kier alpha value is -1.73. The molecule has 4 heterocycles. The summed E-state index contributed by atoms with van der Waals surface area (Å²) in [5, 5.41) is 12.6. The molecule has 0 saturated carbocycles. The standard InChI is InChI=1S/C17H22N4O2S/c22-17(16-2-1-8-23-16)20-6-3-13(4-7-20)10-21-11-15(18-19-21)14-5-9-24-12-14/h5,9,11-13,16H,1-4,6-8,10H2/t16-/m0/s1. The molecule has 6 nitrogen and oxygen atoms in total. The molecule has 2 aliphatic heterocycles. The Labute approximate surface area is 145 Å². The summed E-state index contributed by atoms with van der Waals surface area (Å²) in [7, 11) is 0. The second-order valence-electron chi connectivity index (χ2n) is 6.61. The van der Waals surface area contributed by atoms with Gasteiger partial charge in [0.15, 0.2) is 0 Å². The molecule has 24 heavy (non-hydrogen) atoms. The number of ether oxygens (including phenoxy) is 1. The van der Waals surface area contributed by atoms with Crippen LogP contribution in [0.4, 0.5) is 0 Å². The number of aromatic nitrogens is 3. The SMILES string of the molecule is O=C([C@@H]1CCCO1)N1CCC(Cn2cc(-c3ccsc3)nn2)CC1. The van der Waals surface area contributed by atoms with E-state index in [-0.39, 0.29) is 12.0 Å². The Morgan fingerprint density at radius 3 is 2.92 bits per heavy atom. The number of hydrogen-bond acceptors (Lipinski definition) is 5. The minimum absolute atomic E-state index is 0.187. The van der Waals surface area contributed by atoms with Gasteiger partial charge in [0.2, 0.25) is 0 Å². The third kappa shape index (κ3) is 3.37. The predicted molar refractivity (Wildman–Crippen MR) is 91.6 cm³/mol. The van der Waals surface area contributed by atoms with E-state index in [1.54, 1.807) is 11.3 Å². The van der Waals surface area contributed by atoms with Gasteiger partial charge in [-0.25, -0.2) is 0 Å². The fourth-order valence-corrected chi connectivity index (χ4v) is 4.16. The third-order valence-electron chi connectivity index (χ3n) is 4.93. The van der Waals surface area contributed by atoms with Crippen molar-refractivity contribution in [2.75, 3.05) is 19.7 Å². The summed E-state index contributed by atoms with van der Waals surface area (Å²) in [6.45, 7) is 3.26. The Morgan fingerprint density at radius 2 is 2.21 bits per heavy atom. The van der Waals surface area contributed by atoms with Crippen molar-refractivity contribution in [2.45, 2.75) is 38.3 Å². The molecule has 2 aromatic heterocycles. The Balaban J connectivity index is 1.29. The van der Waals surface area contributed by atoms with E-state index in [4.69, 9.17) is 4.74 Å². The zero-order valence-corrected chi connectivity index (χ0v) is 14.5. The lowest BCUT2D eigenvalue weighted by Crippen LogP contribution is -2.44. The summed E-state index contributed by atoms with van der Waals surface area (Å²) < 4.78 is 7.46. The van der Waals surface area contributed by atoms with Crippen LogP contribution in [0.2, 0.25) is 0 Å². The molecule has 0 spiro atoms. The summed E-state index contributed by atoms with van der Waals surface area (Å²) in [4.78, 5) is 14.4. The van der Waals surface area contributed by atoms with Crippen molar-refractivity contribution in [3.8, 4) is 11.3 Å². The second-order valence-corrected chi connectivity index (χ2v) is 7.39. The average molecular weight is 346 g/mol. The smallest absolute Gasteiger partial charge is 0.251 e. The monoisotopic (exact) mass is 346 g/mol. The fraction of sp³-hybridized carbons (Fsp3) is 0.588. The Morgan fingerprint density at radius 1 is 1.33 bits per heavy atom. The quantitative estimate of drug-likeness (QED) is 0.853. The number of carbonyl (C=O) groups is 1. The zero-order valence-electron chi connectivity index (χ0n) is 13.6. The van der Waals surface area contributed by atoms with Crippen molar-refractivity contribution >= 4 is 17.2 Å². The third-order valence-corrected chi connectivity index (χ3v) is 5.62. The van der Waals surface area contributed by atoms with Gasteiger partial charge in [0, 0.05) is 37.2 Å². The van der Waals surface area contributed by atoms with E-state index in [9.17, 15) is 4.79 Å². The Kier molecular flexibility index (Phi) is 4.62. The first-order valence-electron chi connectivity index (χ1n) is 8.63. The number of likely N-dealkylation sites (tertiary alicyclic amines) is 1. The highest BCUT2D eigenvalue weighted by Crippen LogP contribution is 2.23. The van der Waals surface area contributed by atoms with Crippen LogP contribution in [0.5, 0.6) is 0 Å². The Bertz CT molecular complexity index is 671. The number of rotatable bonds is 4. The largest absolute Gasteiger partial charge is 0.368 e. The van der Waals surface area contributed by atoms with Gasteiger partial charge in [-0.2, -0.15) is 11.3 Å². The minimum atomic E-state index is -0.190. The van der Waals surface area contributed by atoms with Crippen LogP contribution >= 0.6 is 11.3 Å². The highest BCUT2D eigenvalue weighted by Gasteiger charge is 2.31. The van der Waals surface area contributed by atoms with Gasteiger partial charge in [0.25, 0.3) is 5.91 Å². The molecule has 1 amide bonds. The molecular formula is C17H22N4O2S. The molecule has 7 heteroatoms. The van der Waals surface area contributed by atoms with Crippen LogP contribution in [0.1, 0.15) is 25.7 Å². The average Bonchev–Trinajstić information content (AvgIpc) is 3.36. The predicted octanol–water partition coefficient (Wildman–Crippen LogP) is 2.42. The summed E-state index contributed by atoms with van der Waals surface area (Å²) in [5.41, 5.74) is 2.06. The minimum Gasteiger partial charge on any atom is -0.368 e. The number of thiophene rings is 1. The van der Waals surface area contributed by atoms with Crippen LogP contribution in [0, 0.1) is 5.92 Å². The van der Waals surface area contributed by atoms with Crippen molar-refractivity contribution in [1.82, 2.24) is 19.9 Å². The molecule has 0 aromatic carbocycles. The summed E-state index contributed by atoms with van der Waals surface area (Å²) in [6.07, 6.45) is 5.75. The normalized spacial score (nSPS) is 22.2. The van der Waals surface area contributed by atoms with Crippen LogP contribution in [-0.4, -0.2) is 51.6 Å². The molecule has 0 N–H and O–H groups in total. The first kappa shape index (κ1) is 15.8. The van der Waals surface area contributed by atoms with E-state index in [1.165, 1.54) is 0 Å². The zero-order chi connectivity index (χ0) is 16.4. The maximum atomic E-state index is 12.4. The first-order chi connectivity index (χ1) is 11.8. The molecule has 128 valence electrons. The molecule has 0 bridgehead atoms. The lowest BCUT2D eigenvalue weighted by molar-refractivity contribution is -0.142. The lowest BCUT2D eigenvalue weighted by atomic mass is 9.96. The number of carbonyl (C=O) groups excluding carboxylic acids is 1. The molecule has 1 atom stereocenters. The van der Waals surface area contributed by atoms with E-state index < -0.39 is 0 Å². The van der Waals surface area contributed by atoms with Crippen molar-refractivity contribution in [3.63, 3.8) is 0 Å². The number of amides is 1. The van der Waals surface area contributed by atoms with Gasteiger partial charge in [-0.05, 0) is 43.0 Å².